The van der Waals surface area contributed by atoms with Gasteiger partial charge in [-0.2, -0.15) is 0 Å². The van der Waals surface area contributed by atoms with Crippen LogP contribution in [-0.4, -0.2) is 69.4 Å². The van der Waals surface area contributed by atoms with E-state index in [1.807, 2.05) is 0 Å². The van der Waals surface area contributed by atoms with Gasteiger partial charge < -0.3 is 30.4 Å². The van der Waals surface area contributed by atoms with Gasteiger partial charge in [0.05, 0.1) is 6.10 Å². The fourth-order valence-corrected chi connectivity index (χ4v) is 8.83. The van der Waals surface area contributed by atoms with Crippen molar-refractivity contribution in [2.24, 2.45) is 28.6 Å². The lowest BCUT2D eigenvalue weighted by Gasteiger charge is -2.62. The molecule has 4 N–H and O–H groups in total. The highest BCUT2D eigenvalue weighted by molar-refractivity contribution is 6.01. The van der Waals surface area contributed by atoms with Gasteiger partial charge in [0.1, 0.15) is 18.8 Å². The lowest BCUT2D eigenvalue weighted by Crippen LogP contribution is -2.69. The molecule has 0 aromatic heterocycles. The fraction of sp³-hybridized carbons (Fsp3) is 0.576. The van der Waals surface area contributed by atoms with Crippen LogP contribution in [0.15, 0.2) is 48.1 Å². The van der Waals surface area contributed by atoms with Gasteiger partial charge in [-0.15, -0.1) is 10.1 Å². The number of nitrogens with zero attached hydrogens (tertiary/aromatic N) is 1. The zero-order valence-electron chi connectivity index (χ0n) is 26.5. The quantitative estimate of drug-likeness (QED) is 0.215. The second kappa shape index (κ2) is 12.5. The number of fused-ring (bicyclic) bond motifs is 5. The normalized spacial score (nSPS) is 35.4. The molecule has 0 unspecified atom stereocenters. The molecule has 3 saturated carbocycles. The van der Waals surface area contributed by atoms with Gasteiger partial charge in [0.2, 0.25) is 11.7 Å². The first-order chi connectivity index (χ1) is 22.1. The molecular formula is C33H40FN3O10. The van der Waals surface area contributed by atoms with Crippen molar-refractivity contribution >= 4 is 23.6 Å². The van der Waals surface area contributed by atoms with E-state index in [2.05, 4.69) is 15.5 Å². The molecule has 1 aromatic carbocycles. The number of ketones is 2. The number of hydrogen-bond acceptors (Lipinski definition) is 10. The highest BCUT2D eigenvalue weighted by Gasteiger charge is 2.75. The van der Waals surface area contributed by atoms with E-state index in [0.29, 0.717) is 36.0 Å². The number of alkyl halides is 1. The second-order valence-corrected chi connectivity index (χ2v) is 13.6. The summed E-state index contributed by atoms with van der Waals surface area (Å²) in [6.45, 7) is 3.47. The third-order valence-corrected chi connectivity index (χ3v) is 11.3. The molecule has 3 fully saturated rings. The Morgan fingerprint density at radius 1 is 1.15 bits per heavy atom. The van der Waals surface area contributed by atoms with Crippen LogP contribution in [0, 0.1) is 38.7 Å². The molecule has 0 radical (unpaired) electrons. The Hall–Kier alpha value is -4.17. The largest absolute Gasteiger partial charge is 0.441 e. The molecule has 0 heterocycles. The van der Waals surface area contributed by atoms with Crippen LogP contribution in [-0.2, 0) is 37.1 Å². The minimum Gasteiger partial charge on any atom is -0.441 e. The number of alkyl carbamates (subject to hydrolysis) is 1. The number of hydrogen-bond donors (Lipinski definition) is 4. The summed E-state index contributed by atoms with van der Waals surface area (Å²) in [5, 5.41) is 37.9. The van der Waals surface area contributed by atoms with Crippen LogP contribution >= 0.6 is 0 Å². The van der Waals surface area contributed by atoms with E-state index in [1.54, 1.807) is 51.1 Å². The van der Waals surface area contributed by atoms with Gasteiger partial charge in [0, 0.05) is 23.3 Å². The van der Waals surface area contributed by atoms with Crippen molar-refractivity contribution in [2.75, 3.05) is 13.2 Å². The molecule has 0 bridgehead atoms. The van der Waals surface area contributed by atoms with E-state index in [-0.39, 0.29) is 25.4 Å². The number of Topliss-reactive ketones (excluding diaryl/α,β-unsaturated/α-hetero) is 1. The summed E-state index contributed by atoms with van der Waals surface area (Å²) < 4.78 is 22.4. The molecule has 0 aliphatic heterocycles. The molecule has 2 amide bonds. The molecule has 4 aliphatic carbocycles. The number of carbonyl (C=O) groups excluding carboxylic acids is 4. The highest BCUT2D eigenvalue weighted by atomic mass is 19.1. The van der Waals surface area contributed by atoms with Gasteiger partial charge in [0.15, 0.2) is 18.1 Å². The average Bonchev–Trinajstić information content (AvgIpc) is 3.23. The zero-order chi connectivity index (χ0) is 34.4. The Morgan fingerprint density at radius 2 is 1.85 bits per heavy atom. The van der Waals surface area contributed by atoms with Gasteiger partial charge >= 0.3 is 6.09 Å². The highest BCUT2D eigenvalue weighted by Crippen LogP contribution is 2.70. The summed E-state index contributed by atoms with van der Waals surface area (Å²) in [4.78, 5) is 65.3. The van der Waals surface area contributed by atoms with Crippen molar-refractivity contribution in [1.29, 1.82) is 0 Å². The Bertz CT molecular complexity index is 1550. The molecule has 13 nitrogen and oxygen atoms in total. The van der Waals surface area contributed by atoms with Gasteiger partial charge in [0.25, 0.3) is 5.09 Å². The fourth-order valence-electron chi connectivity index (χ4n) is 8.83. The molecule has 0 spiro atoms. The third-order valence-electron chi connectivity index (χ3n) is 11.3. The number of carbonyl (C=O) groups is 4. The van der Waals surface area contributed by atoms with Crippen molar-refractivity contribution < 1.29 is 48.4 Å². The van der Waals surface area contributed by atoms with Gasteiger partial charge in [-0.05, 0) is 67.7 Å². The Labute approximate surface area is 270 Å². The number of aliphatic hydroxyl groups excluding tert-OH is 1. The summed E-state index contributed by atoms with van der Waals surface area (Å²) in [5.74, 6) is -3.42. The molecule has 5 rings (SSSR count). The number of ether oxygens (including phenoxy) is 1. The first kappa shape index (κ1) is 34.2. The van der Waals surface area contributed by atoms with Gasteiger partial charge in [-0.1, -0.05) is 49.8 Å². The summed E-state index contributed by atoms with van der Waals surface area (Å²) in [7, 11) is 0. The minimum atomic E-state index is -2.12. The molecule has 254 valence electrons. The number of benzene rings is 1. The van der Waals surface area contributed by atoms with Crippen molar-refractivity contribution in [1.82, 2.24) is 10.6 Å². The second-order valence-electron chi connectivity index (χ2n) is 13.6. The van der Waals surface area contributed by atoms with Crippen molar-refractivity contribution in [2.45, 2.75) is 77.0 Å². The van der Waals surface area contributed by atoms with Crippen molar-refractivity contribution in [3.05, 3.63) is 69.3 Å². The number of aliphatic hydroxyl groups is 2. The van der Waals surface area contributed by atoms with Crippen molar-refractivity contribution in [3.8, 4) is 0 Å². The molecule has 14 heteroatoms. The summed E-state index contributed by atoms with van der Waals surface area (Å²) in [6, 6.07) is 6.62. The minimum absolute atomic E-state index is 0.00807. The van der Waals surface area contributed by atoms with E-state index >= 15 is 4.39 Å². The Morgan fingerprint density at radius 3 is 2.55 bits per heavy atom. The summed E-state index contributed by atoms with van der Waals surface area (Å²) in [6.07, 6.45) is 2.58. The third kappa shape index (κ3) is 5.60. The van der Waals surface area contributed by atoms with Crippen LogP contribution in [0.25, 0.3) is 0 Å². The first-order valence-corrected chi connectivity index (χ1v) is 15.7. The van der Waals surface area contributed by atoms with Crippen LogP contribution in [0.2, 0.25) is 0 Å². The smallest absolute Gasteiger partial charge is 0.408 e. The lowest BCUT2D eigenvalue weighted by atomic mass is 9.44. The maximum absolute atomic E-state index is 17.3. The van der Waals surface area contributed by atoms with Crippen LogP contribution < -0.4 is 10.6 Å². The standard InChI is InChI=1S/C33H40FN3O10/c1-19-12-25-24-9-8-22-13-23(38)10-11-30(22,2)32(24,34)26(39)14-31(25,3)33(19,43)27(40)18-46-29(42)36-16-28(41)35-15-20-6-4-5-7-21(20)17-47-37(44)45/h4-7,10-11,13,19,24-26,39,43H,8-9,12,14-18H2,1-3H3,(H,35,41)(H,36,42)/t19-,24+,25+,26+,30+,31+,32+,33+/m1/s1. The van der Waals surface area contributed by atoms with E-state index in [4.69, 9.17) is 4.74 Å². The first-order valence-electron chi connectivity index (χ1n) is 15.7. The number of rotatable bonds is 10. The average molecular weight is 658 g/mol. The topological polar surface area (TPSA) is 194 Å². The molecule has 1 aromatic rings. The predicted octanol–water partition coefficient (Wildman–Crippen LogP) is 2.65. The van der Waals surface area contributed by atoms with Crippen LogP contribution in [0.5, 0.6) is 0 Å². The Balaban J connectivity index is 1.19. The van der Waals surface area contributed by atoms with Crippen molar-refractivity contribution in [3.63, 3.8) is 0 Å². The molecule has 8 atom stereocenters. The van der Waals surface area contributed by atoms with E-state index in [1.165, 1.54) is 12.2 Å². The summed E-state index contributed by atoms with van der Waals surface area (Å²) >= 11 is 0. The summed E-state index contributed by atoms with van der Waals surface area (Å²) in [5.41, 5.74) is -4.88. The SMILES string of the molecule is C[C@@H]1C[C@H]2[C@@H]3CCC4=CC(=O)C=C[C@]4(C)[C@@]3(F)[C@@H](O)C[C@]2(C)[C@@]1(O)C(=O)COC(=O)NCC(=O)NCc1ccccc1CO[N+](=O)[O-]. The number of amides is 2. The maximum atomic E-state index is 17.3. The lowest BCUT2D eigenvalue weighted by molar-refractivity contribution is -0.763. The number of allylic oxidation sites excluding steroid dienone is 4. The van der Waals surface area contributed by atoms with Gasteiger partial charge in [-0.25, -0.2) is 9.18 Å². The maximum Gasteiger partial charge on any atom is 0.408 e. The van der Waals surface area contributed by atoms with E-state index in [9.17, 15) is 39.5 Å². The zero-order valence-corrected chi connectivity index (χ0v) is 26.5. The number of nitrogens with one attached hydrogen (secondary N) is 2. The molecule has 4 aliphatic rings. The molecular weight excluding hydrogens is 617 g/mol. The molecule has 0 saturated heterocycles. The van der Waals surface area contributed by atoms with E-state index in [0.717, 1.165) is 0 Å². The van der Waals surface area contributed by atoms with Crippen LogP contribution in [0.3, 0.4) is 0 Å². The van der Waals surface area contributed by atoms with Crippen LogP contribution in [0.1, 0.15) is 57.6 Å². The van der Waals surface area contributed by atoms with Gasteiger partial charge in [-0.3, -0.25) is 14.4 Å². The number of halogens is 1. The van der Waals surface area contributed by atoms with E-state index < -0.39 is 82.0 Å². The molecule has 47 heavy (non-hydrogen) atoms. The van der Waals surface area contributed by atoms with Crippen LogP contribution in [0.4, 0.5) is 9.18 Å². The Kier molecular flexibility index (Phi) is 9.05. The predicted molar refractivity (Wildman–Crippen MR) is 162 cm³/mol. The monoisotopic (exact) mass is 657 g/mol.